The Morgan fingerprint density at radius 2 is 2.03 bits per heavy atom. The Kier molecular flexibility index (Phi) is 5.71. The van der Waals surface area contributed by atoms with Crippen molar-refractivity contribution in [2.24, 2.45) is 5.92 Å². The molecule has 3 heterocycles. The lowest BCUT2D eigenvalue weighted by atomic mass is 9.81. The first kappa shape index (κ1) is 21.7. The van der Waals surface area contributed by atoms with E-state index in [1.54, 1.807) is 26.6 Å². The number of carbonyl (C=O) groups is 1. The third kappa shape index (κ3) is 3.20. The second-order valence-corrected chi connectivity index (χ2v) is 8.24. The summed E-state index contributed by atoms with van der Waals surface area (Å²) in [6.45, 7) is 6.80. The van der Waals surface area contributed by atoms with Gasteiger partial charge in [-0.2, -0.15) is 0 Å². The first-order valence-corrected chi connectivity index (χ1v) is 10.8. The summed E-state index contributed by atoms with van der Waals surface area (Å²) in [7, 11) is 3.22. The van der Waals surface area contributed by atoms with Crippen molar-refractivity contribution < 1.29 is 19.0 Å². The van der Waals surface area contributed by atoms with Crippen LogP contribution in [0, 0.1) is 5.92 Å². The molecule has 7 heteroatoms. The number of fused-ring (bicyclic) bond motifs is 2. The van der Waals surface area contributed by atoms with Gasteiger partial charge in [-0.3, -0.25) is 9.78 Å². The highest BCUT2D eigenvalue weighted by atomic mass is 35.5. The molecule has 0 saturated heterocycles. The Bertz CT molecular complexity index is 1040. The third-order valence-corrected chi connectivity index (χ3v) is 6.99. The number of aromatic nitrogens is 1. The second kappa shape index (κ2) is 8.17. The summed E-state index contributed by atoms with van der Waals surface area (Å²) in [5.74, 6) is -0.229. The van der Waals surface area contributed by atoms with Gasteiger partial charge in [0.15, 0.2) is 5.60 Å². The van der Waals surface area contributed by atoms with Crippen molar-refractivity contribution in [1.82, 2.24) is 9.88 Å². The van der Waals surface area contributed by atoms with Gasteiger partial charge in [0, 0.05) is 43.0 Å². The number of allylic oxidation sites excluding steroid dienone is 3. The lowest BCUT2D eigenvalue weighted by Crippen LogP contribution is -2.38. The minimum Gasteiger partial charge on any atom is -0.498 e. The van der Waals surface area contributed by atoms with E-state index < -0.39 is 11.5 Å². The second-order valence-electron chi connectivity index (χ2n) is 7.86. The number of hydrogen-bond acceptors (Lipinski definition) is 6. The molecule has 0 aromatic carbocycles. The molecule has 4 rings (SSSR count). The molecule has 2 aliphatic heterocycles. The number of carbonyl (C=O) groups excluding carboxylic acids is 1. The molecule has 1 aliphatic carbocycles. The van der Waals surface area contributed by atoms with Gasteiger partial charge in [0.25, 0.3) is 0 Å². The van der Waals surface area contributed by atoms with Crippen LogP contribution in [0.25, 0.3) is 5.57 Å². The molecule has 0 amide bonds. The predicted octanol–water partition coefficient (Wildman–Crippen LogP) is 4.41. The third-order valence-electron chi connectivity index (χ3n) is 6.41. The van der Waals surface area contributed by atoms with Crippen molar-refractivity contribution >= 4 is 23.1 Å². The maximum atomic E-state index is 13.3. The summed E-state index contributed by atoms with van der Waals surface area (Å²) in [6.07, 6.45) is 6.17. The van der Waals surface area contributed by atoms with Gasteiger partial charge in [0.1, 0.15) is 11.7 Å². The molecule has 6 nitrogen and oxygen atoms in total. The maximum Gasteiger partial charge on any atom is 0.319 e. The molecule has 0 fully saturated rings. The normalized spacial score (nSPS) is 25.4. The highest BCUT2D eigenvalue weighted by Crippen LogP contribution is 2.52. The monoisotopic (exact) mass is 442 g/mol. The van der Waals surface area contributed by atoms with Crippen LogP contribution in [-0.2, 0) is 19.0 Å². The Balaban J connectivity index is 1.97. The summed E-state index contributed by atoms with van der Waals surface area (Å²) in [5, 5.41) is 0.592. The zero-order valence-electron chi connectivity index (χ0n) is 18.5. The van der Waals surface area contributed by atoms with Crippen LogP contribution in [-0.4, -0.2) is 48.8 Å². The fraction of sp³-hybridized carbons (Fsp3) is 0.417. The molecule has 1 aromatic heterocycles. The van der Waals surface area contributed by atoms with Crippen LogP contribution < -0.4 is 0 Å². The Labute approximate surface area is 187 Å². The van der Waals surface area contributed by atoms with Crippen molar-refractivity contribution in [3.63, 3.8) is 0 Å². The molecule has 0 saturated carbocycles. The van der Waals surface area contributed by atoms with E-state index in [1.807, 2.05) is 32.1 Å². The number of ether oxygens (including phenoxy) is 3. The Morgan fingerprint density at radius 1 is 1.32 bits per heavy atom. The molecule has 1 aromatic rings. The summed E-state index contributed by atoms with van der Waals surface area (Å²) >= 11 is 6.88. The topological polar surface area (TPSA) is 60.9 Å². The molecule has 0 N–H and O–H groups in total. The summed E-state index contributed by atoms with van der Waals surface area (Å²) in [6, 6.07) is 3.86. The van der Waals surface area contributed by atoms with E-state index >= 15 is 0 Å². The molecular formula is C24H27ClN2O4. The summed E-state index contributed by atoms with van der Waals surface area (Å²) in [5.41, 5.74) is 4.85. The number of methoxy groups -OCH3 is 2. The van der Waals surface area contributed by atoms with Crippen LogP contribution >= 0.6 is 11.6 Å². The molecule has 0 bridgehead atoms. The maximum absolute atomic E-state index is 13.3. The summed E-state index contributed by atoms with van der Waals surface area (Å²) < 4.78 is 16.9. The molecular weight excluding hydrogens is 416 g/mol. The van der Waals surface area contributed by atoms with E-state index in [1.165, 1.54) is 0 Å². The number of rotatable bonds is 5. The van der Waals surface area contributed by atoms with Gasteiger partial charge in [-0.15, -0.1) is 0 Å². The zero-order chi connectivity index (χ0) is 22.3. The van der Waals surface area contributed by atoms with E-state index in [4.69, 9.17) is 25.8 Å². The first-order chi connectivity index (χ1) is 14.9. The van der Waals surface area contributed by atoms with Gasteiger partial charge < -0.3 is 19.1 Å². The number of pyridine rings is 1. The first-order valence-electron chi connectivity index (χ1n) is 10.4. The minimum absolute atomic E-state index is 0.275. The fourth-order valence-electron chi connectivity index (χ4n) is 4.79. The summed E-state index contributed by atoms with van der Waals surface area (Å²) in [4.78, 5) is 19.6. The van der Waals surface area contributed by atoms with E-state index in [-0.39, 0.29) is 5.97 Å². The van der Waals surface area contributed by atoms with Gasteiger partial charge in [0.05, 0.1) is 18.7 Å². The molecule has 3 aliphatic rings. The average molecular weight is 443 g/mol. The smallest absolute Gasteiger partial charge is 0.319 e. The van der Waals surface area contributed by atoms with E-state index in [0.29, 0.717) is 17.4 Å². The highest BCUT2D eigenvalue weighted by Gasteiger charge is 2.48. The zero-order valence-corrected chi connectivity index (χ0v) is 19.2. The standard InChI is InChI=1S/C24H27ClN2O4/c1-6-31-23(28)20-19(15-7-10-26-11-8-15)14(2)27-12-9-16-17(21(20)27)13-18(29-4)24(3,30-5)22(16)25/h7-8,10-11,13,20H,6,9,12H2,1-5H3. The van der Waals surface area contributed by atoms with Crippen molar-refractivity contribution in [2.45, 2.75) is 32.8 Å². The number of nitrogens with zero attached hydrogens (tertiary/aromatic N) is 2. The van der Waals surface area contributed by atoms with Crippen molar-refractivity contribution in [3.05, 3.63) is 69.5 Å². The Hall–Kier alpha value is -2.57. The van der Waals surface area contributed by atoms with Gasteiger partial charge in [-0.25, -0.2) is 0 Å². The Morgan fingerprint density at radius 3 is 2.65 bits per heavy atom. The number of esters is 1. The van der Waals surface area contributed by atoms with E-state index in [2.05, 4.69) is 16.8 Å². The highest BCUT2D eigenvalue weighted by molar-refractivity contribution is 6.32. The lowest BCUT2D eigenvalue weighted by molar-refractivity contribution is -0.144. The minimum atomic E-state index is -0.855. The largest absolute Gasteiger partial charge is 0.498 e. The van der Waals surface area contributed by atoms with Crippen LogP contribution in [0.1, 0.15) is 32.8 Å². The van der Waals surface area contributed by atoms with Crippen molar-refractivity contribution in [3.8, 4) is 0 Å². The van der Waals surface area contributed by atoms with Crippen LogP contribution in [0.2, 0.25) is 0 Å². The quantitative estimate of drug-likeness (QED) is 0.629. The molecule has 2 unspecified atom stereocenters. The van der Waals surface area contributed by atoms with Gasteiger partial charge in [-0.1, -0.05) is 11.6 Å². The lowest BCUT2D eigenvalue weighted by Gasteiger charge is -2.40. The van der Waals surface area contributed by atoms with Crippen molar-refractivity contribution in [1.29, 1.82) is 0 Å². The van der Waals surface area contributed by atoms with Crippen LogP contribution in [0.3, 0.4) is 0 Å². The van der Waals surface area contributed by atoms with Crippen molar-refractivity contribution in [2.75, 3.05) is 27.4 Å². The number of hydrogen-bond donors (Lipinski definition) is 0. The SMILES string of the molecule is CCOC(=O)C1C(c2ccncc2)=C(C)N2CCC3=C(Cl)C(C)(OC)C(OC)=CC3=C12. The van der Waals surface area contributed by atoms with Crippen LogP contribution in [0.4, 0.5) is 0 Å². The van der Waals surface area contributed by atoms with E-state index in [0.717, 1.165) is 46.6 Å². The van der Waals surface area contributed by atoms with Gasteiger partial charge in [0.2, 0.25) is 0 Å². The molecule has 2 atom stereocenters. The molecule has 164 valence electrons. The molecule has 31 heavy (non-hydrogen) atoms. The van der Waals surface area contributed by atoms with Crippen LogP contribution in [0.5, 0.6) is 0 Å². The van der Waals surface area contributed by atoms with Crippen LogP contribution in [0.15, 0.2) is 63.9 Å². The average Bonchev–Trinajstić information content (AvgIpc) is 3.09. The van der Waals surface area contributed by atoms with Gasteiger partial charge in [-0.05, 0) is 62.1 Å². The van der Waals surface area contributed by atoms with Gasteiger partial charge >= 0.3 is 5.97 Å². The molecule has 0 spiro atoms. The number of halogens is 1. The van der Waals surface area contributed by atoms with E-state index in [9.17, 15) is 4.79 Å². The fourth-order valence-corrected chi connectivity index (χ4v) is 5.16. The molecule has 0 radical (unpaired) electrons. The predicted molar refractivity (Wildman–Crippen MR) is 119 cm³/mol.